The van der Waals surface area contributed by atoms with Crippen LogP contribution in [0.1, 0.15) is 118 Å². The summed E-state index contributed by atoms with van der Waals surface area (Å²) in [6, 6.07) is 16.1. The molecule has 338 valence electrons. The molecule has 2 aliphatic carbocycles. The Morgan fingerprint density at radius 2 is 1.77 bits per heavy atom. The number of likely N-dealkylation sites (tertiary alicyclic amines) is 1. The Labute approximate surface area is 373 Å². The van der Waals surface area contributed by atoms with E-state index >= 15 is 0 Å². The first-order valence-electron chi connectivity index (χ1n) is 22.5. The summed E-state index contributed by atoms with van der Waals surface area (Å²) in [5, 5.41) is 26.2. The fourth-order valence-electron chi connectivity index (χ4n) is 10.5. The minimum atomic E-state index is -4.65. The number of rotatable bonds is 13. The summed E-state index contributed by atoms with van der Waals surface area (Å²) in [6.45, 7) is 9.41. The van der Waals surface area contributed by atoms with E-state index in [1.165, 1.54) is 49.2 Å². The molecule has 64 heavy (non-hydrogen) atoms. The van der Waals surface area contributed by atoms with Crippen molar-refractivity contribution in [2.75, 3.05) is 36.4 Å². The van der Waals surface area contributed by atoms with E-state index in [1.54, 1.807) is 25.3 Å². The SMILES string of the molecule is CC(C)c1ccccc1[C@@H]1CCCN1C1CC2(CCN(c3cc(Oc4cnc5[nH]ccc5c4)c(C(=O)NS(=O)(=O)c4cnc(NC[C@H]5CC[C@](C)(O)CC5)c([N+](=O)[O-])c4)cn3)CC2)C1. The molecule has 1 atom stereocenters. The third-order valence-corrected chi connectivity index (χ3v) is 15.5. The molecule has 1 aromatic carbocycles. The lowest BCUT2D eigenvalue weighted by Crippen LogP contribution is -2.55. The number of H-pyrrole nitrogens is 1. The molecule has 9 rings (SSSR count). The zero-order chi connectivity index (χ0) is 44.8. The maximum Gasteiger partial charge on any atom is 0.312 e. The van der Waals surface area contributed by atoms with Crippen molar-refractivity contribution in [1.82, 2.24) is 29.6 Å². The number of hydrogen-bond acceptors (Lipinski definition) is 13. The molecule has 4 N–H and O–H groups in total. The third-order valence-electron chi connectivity index (χ3n) is 14.2. The van der Waals surface area contributed by atoms with Crippen molar-refractivity contribution < 1.29 is 28.0 Å². The normalized spacial score (nSPS) is 22.7. The Morgan fingerprint density at radius 3 is 2.52 bits per heavy atom. The van der Waals surface area contributed by atoms with E-state index in [0.29, 0.717) is 54.6 Å². The van der Waals surface area contributed by atoms with Crippen LogP contribution in [-0.2, 0) is 10.0 Å². The number of piperidine rings is 1. The molecule has 16 nitrogen and oxygen atoms in total. The number of sulfonamides is 1. The van der Waals surface area contributed by atoms with Crippen molar-refractivity contribution in [3.8, 4) is 11.5 Å². The van der Waals surface area contributed by atoms with Crippen molar-refractivity contribution in [3.63, 3.8) is 0 Å². The van der Waals surface area contributed by atoms with E-state index < -0.39 is 37.0 Å². The third kappa shape index (κ3) is 9.02. The predicted octanol–water partition coefficient (Wildman–Crippen LogP) is 8.23. The summed E-state index contributed by atoms with van der Waals surface area (Å²) < 4.78 is 35.7. The van der Waals surface area contributed by atoms with Crippen molar-refractivity contribution in [2.24, 2.45) is 11.3 Å². The number of hydrogen-bond donors (Lipinski definition) is 4. The van der Waals surface area contributed by atoms with Crippen LogP contribution < -0.4 is 19.7 Å². The number of aliphatic hydroxyl groups is 1. The van der Waals surface area contributed by atoms with Gasteiger partial charge in [-0.2, -0.15) is 0 Å². The number of anilines is 2. The van der Waals surface area contributed by atoms with Crippen LogP contribution in [0.15, 0.2) is 78.2 Å². The number of benzene rings is 1. The molecule has 4 aromatic heterocycles. The average Bonchev–Trinajstić information content (AvgIpc) is 3.95. The van der Waals surface area contributed by atoms with Gasteiger partial charge < -0.3 is 25.0 Å². The van der Waals surface area contributed by atoms with Gasteiger partial charge in [0.25, 0.3) is 15.9 Å². The molecule has 0 unspecified atom stereocenters. The topological polar surface area (TPSA) is 209 Å². The largest absolute Gasteiger partial charge is 0.455 e. The minimum absolute atomic E-state index is 0.0769. The number of ether oxygens (including phenoxy) is 1. The quantitative estimate of drug-likeness (QED) is 0.0650. The number of aromatic nitrogens is 4. The molecule has 4 fully saturated rings. The molecule has 4 aliphatic rings. The van der Waals surface area contributed by atoms with Gasteiger partial charge in [-0.1, -0.05) is 38.1 Å². The van der Waals surface area contributed by atoms with Gasteiger partial charge in [0.2, 0.25) is 5.82 Å². The minimum Gasteiger partial charge on any atom is -0.455 e. The number of carbonyl (C=O) groups is 1. The van der Waals surface area contributed by atoms with Gasteiger partial charge in [-0.05, 0) is 118 Å². The molecule has 2 aliphatic heterocycles. The van der Waals surface area contributed by atoms with Gasteiger partial charge >= 0.3 is 5.69 Å². The van der Waals surface area contributed by atoms with Crippen LogP contribution in [0.2, 0.25) is 0 Å². The molecule has 17 heteroatoms. The highest BCUT2D eigenvalue weighted by Crippen LogP contribution is 2.54. The van der Waals surface area contributed by atoms with E-state index in [2.05, 4.69) is 77.9 Å². The number of fused-ring (bicyclic) bond motifs is 1. The van der Waals surface area contributed by atoms with Gasteiger partial charge in [0, 0.05) is 61.6 Å². The number of nitrogens with zero attached hydrogens (tertiary/aromatic N) is 6. The van der Waals surface area contributed by atoms with Gasteiger partial charge in [-0.15, -0.1) is 0 Å². The summed E-state index contributed by atoms with van der Waals surface area (Å²) in [5.74, 6) is 0.541. The second-order valence-corrected chi connectivity index (χ2v) is 20.7. The first-order chi connectivity index (χ1) is 30.7. The summed E-state index contributed by atoms with van der Waals surface area (Å²) in [6.07, 6.45) is 15.0. The Bertz CT molecular complexity index is 2640. The molecule has 1 amide bonds. The van der Waals surface area contributed by atoms with Crippen LogP contribution in [0.25, 0.3) is 11.0 Å². The van der Waals surface area contributed by atoms with Crippen LogP contribution in [0.5, 0.6) is 11.5 Å². The zero-order valence-corrected chi connectivity index (χ0v) is 37.4. The standard InChI is InChI=1S/C47H57N9O7S/c1-30(2)36-7-4-5-8-37(36)39-9-6-18-55(39)33-24-47(25-33)15-19-54(20-16-47)42-23-41(63-34-21-32-12-17-48-43(32)51-27-34)38(29-49-42)45(57)53-64(61,62)35-22-40(56(59)60)44(52-28-35)50-26-31-10-13-46(3,58)14-11-31/h4-5,7-8,12,17,21-23,27-31,33,39,58H,6,9-11,13-16,18-20,24-26H2,1-3H3,(H,48,51)(H,50,52)(H,53,57)/t31-,39-,46-/m0/s1. The lowest BCUT2D eigenvalue weighted by Gasteiger charge is -2.56. The molecular formula is C47H57N9O7S. The average molecular weight is 892 g/mol. The zero-order valence-electron chi connectivity index (χ0n) is 36.6. The molecule has 2 saturated carbocycles. The van der Waals surface area contributed by atoms with Crippen molar-refractivity contribution in [3.05, 3.63) is 100 Å². The number of pyridine rings is 3. The molecule has 2 saturated heterocycles. The number of aromatic amines is 1. The smallest absolute Gasteiger partial charge is 0.312 e. The monoisotopic (exact) mass is 891 g/mol. The van der Waals surface area contributed by atoms with E-state index in [9.17, 15) is 28.4 Å². The first kappa shape index (κ1) is 43.6. The molecule has 6 heterocycles. The molecule has 0 radical (unpaired) electrons. The van der Waals surface area contributed by atoms with Crippen LogP contribution in [-0.4, -0.2) is 87.0 Å². The molecule has 5 aromatic rings. The second kappa shape index (κ2) is 17.4. The second-order valence-electron chi connectivity index (χ2n) is 19.0. The molecular weight excluding hydrogens is 835 g/mol. The number of nitro groups is 1. The lowest BCUT2D eigenvalue weighted by molar-refractivity contribution is -0.384. The fraction of sp³-hybridized carbons (Fsp3) is 0.489. The van der Waals surface area contributed by atoms with Gasteiger partial charge in [-0.25, -0.2) is 28.1 Å². The Morgan fingerprint density at radius 1 is 1.00 bits per heavy atom. The van der Waals surface area contributed by atoms with Crippen LogP contribution in [0.3, 0.4) is 0 Å². The molecule has 1 spiro atoms. The summed E-state index contributed by atoms with van der Waals surface area (Å²) >= 11 is 0. The number of amides is 1. The van der Waals surface area contributed by atoms with Gasteiger partial charge in [0.1, 0.15) is 33.4 Å². The summed E-state index contributed by atoms with van der Waals surface area (Å²) in [5.41, 5.74) is 2.44. The first-order valence-corrected chi connectivity index (χ1v) is 24.0. The van der Waals surface area contributed by atoms with E-state index in [-0.39, 0.29) is 28.5 Å². The van der Waals surface area contributed by atoms with Gasteiger partial charge in [0.15, 0.2) is 0 Å². The predicted molar refractivity (Wildman–Crippen MR) is 243 cm³/mol. The Kier molecular flexibility index (Phi) is 11.8. The van der Waals surface area contributed by atoms with Gasteiger partial charge in [0.05, 0.1) is 22.9 Å². The highest BCUT2D eigenvalue weighted by Gasteiger charge is 2.50. The maximum atomic E-state index is 13.9. The van der Waals surface area contributed by atoms with Crippen molar-refractivity contribution in [1.29, 1.82) is 0 Å². The Balaban J connectivity index is 0.895. The highest BCUT2D eigenvalue weighted by molar-refractivity contribution is 7.90. The molecule has 0 bridgehead atoms. The summed E-state index contributed by atoms with van der Waals surface area (Å²) in [7, 11) is -4.65. The van der Waals surface area contributed by atoms with Crippen LogP contribution >= 0.6 is 0 Å². The van der Waals surface area contributed by atoms with Gasteiger partial charge in [-0.3, -0.25) is 19.8 Å². The van der Waals surface area contributed by atoms with E-state index in [0.717, 1.165) is 63.0 Å². The van der Waals surface area contributed by atoms with Crippen LogP contribution in [0.4, 0.5) is 17.3 Å². The highest BCUT2D eigenvalue weighted by atomic mass is 32.2. The number of nitrogens with one attached hydrogen (secondary N) is 3. The van der Waals surface area contributed by atoms with E-state index in [4.69, 9.17) is 4.74 Å². The number of carbonyl (C=O) groups excluding carboxylic acids is 1. The van der Waals surface area contributed by atoms with Crippen LogP contribution in [0, 0.1) is 21.4 Å². The Hall–Kier alpha value is -5.65. The summed E-state index contributed by atoms with van der Waals surface area (Å²) in [4.78, 5) is 45.9. The van der Waals surface area contributed by atoms with Crippen molar-refractivity contribution in [2.45, 2.75) is 113 Å². The maximum absolute atomic E-state index is 13.9. The van der Waals surface area contributed by atoms with Crippen molar-refractivity contribution >= 4 is 44.3 Å². The lowest BCUT2D eigenvalue weighted by atomic mass is 9.60. The van der Waals surface area contributed by atoms with E-state index in [1.807, 2.05) is 6.07 Å². The fourth-order valence-corrected chi connectivity index (χ4v) is 11.4.